The molecule has 18 heavy (non-hydrogen) atoms. The van der Waals surface area contributed by atoms with Crippen molar-refractivity contribution in [2.24, 2.45) is 5.92 Å². The molecule has 0 heterocycles. The fourth-order valence-corrected chi connectivity index (χ4v) is 3.52. The van der Waals surface area contributed by atoms with Crippen molar-refractivity contribution < 1.29 is 9.84 Å². The summed E-state index contributed by atoms with van der Waals surface area (Å²) in [4.78, 5) is 2.65. The molecule has 2 aliphatic carbocycles. The smallest absolute Gasteiger partial charge is 0.0589 e. The number of rotatable bonds is 7. The van der Waals surface area contributed by atoms with E-state index in [-0.39, 0.29) is 6.10 Å². The highest BCUT2D eigenvalue weighted by Gasteiger charge is 2.39. The number of aliphatic hydroxyl groups is 1. The van der Waals surface area contributed by atoms with E-state index in [1.165, 1.54) is 32.1 Å². The minimum Gasteiger partial charge on any atom is -0.393 e. The van der Waals surface area contributed by atoms with E-state index in [0.29, 0.717) is 6.04 Å². The molecular formula is C15H29NO2. The van der Waals surface area contributed by atoms with Crippen molar-refractivity contribution >= 4 is 0 Å². The predicted molar refractivity (Wildman–Crippen MR) is 73.6 cm³/mol. The van der Waals surface area contributed by atoms with Crippen LogP contribution >= 0.6 is 0 Å². The molecule has 2 aliphatic rings. The van der Waals surface area contributed by atoms with Gasteiger partial charge in [0.1, 0.15) is 0 Å². The quantitative estimate of drug-likeness (QED) is 0.758. The lowest BCUT2D eigenvalue weighted by Gasteiger charge is -2.42. The van der Waals surface area contributed by atoms with E-state index < -0.39 is 0 Å². The topological polar surface area (TPSA) is 32.7 Å². The van der Waals surface area contributed by atoms with E-state index in [9.17, 15) is 5.11 Å². The molecule has 2 fully saturated rings. The number of hydrogen-bond donors (Lipinski definition) is 1. The summed E-state index contributed by atoms with van der Waals surface area (Å²) >= 11 is 0. The lowest BCUT2D eigenvalue weighted by molar-refractivity contribution is 0.00933. The first-order valence-corrected chi connectivity index (χ1v) is 7.69. The van der Waals surface area contributed by atoms with Crippen molar-refractivity contribution in [3.63, 3.8) is 0 Å². The van der Waals surface area contributed by atoms with Crippen molar-refractivity contribution in [3.05, 3.63) is 0 Å². The van der Waals surface area contributed by atoms with Gasteiger partial charge in [0.05, 0.1) is 12.7 Å². The van der Waals surface area contributed by atoms with Gasteiger partial charge in [-0.05, 0) is 44.4 Å². The van der Waals surface area contributed by atoms with E-state index in [4.69, 9.17) is 4.74 Å². The van der Waals surface area contributed by atoms with Gasteiger partial charge in [-0.15, -0.1) is 0 Å². The van der Waals surface area contributed by atoms with Gasteiger partial charge in [0.15, 0.2) is 0 Å². The second-order valence-corrected chi connectivity index (χ2v) is 6.04. The SMILES string of the molecule is CCCC1CCC(O)CC1N(CCOC)C1CC1. The van der Waals surface area contributed by atoms with Gasteiger partial charge in [0, 0.05) is 25.7 Å². The lowest BCUT2D eigenvalue weighted by Crippen LogP contribution is -2.48. The Bertz CT molecular complexity index is 243. The van der Waals surface area contributed by atoms with Gasteiger partial charge in [-0.3, -0.25) is 4.90 Å². The van der Waals surface area contributed by atoms with Gasteiger partial charge >= 0.3 is 0 Å². The van der Waals surface area contributed by atoms with Crippen molar-refractivity contribution in [1.29, 1.82) is 0 Å². The van der Waals surface area contributed by atoms with Crippen LogP contribution in [0, 0.1) is 5.92 Å². The van der Waals surface area contributed by atoms with Gasteiger partial charge in [-0.2, -0.15) is 0 Å². The number of aliphatic hydroxyl groups excluding tert-OH is 1. The molecule has 0 saturated heterocycles. The Kier molecular flexibility index (Phi) is 5.46. The van der Waals surface area contributed by atoms with Crippen LogP contribution in [-0.2, 0) is 4.74 Å². The summed E-state index contributed by atoms with van der Waals surface area (Å²) in [6.45, 7) is 4.14. The summed E-state index contributed by atoms with van der Waals surface area (Å²) in [6.07, 6.45) is 8.37. The molecule has 0 aromatic heterocycles. The Hall–Kier alpha value is -0.120. The molecule has 106 valence electrons. The summed E-state index contributed by atoms with van der Waals surface area (Å²) in [5.41, 5.74) is 0. The molecule has 2 saturated carbocycles. The summed E-state index contributed by atoms with van der Waals surface area (Å²) in [5, 5.41) is 9.98. The molecule has 3 heteroatoms. The molecule has 2 rings (SSSR count). The molecule has 1 N–H and O–H groups in total. The van der Waals surface area contributed by atoms with Gasteiger partial charge in [0.25, 0.3) is 0 Å². The molecule has 0 amide bonds. The van der Waals surface area contributed by atoms with Crippen LogP contribution in [0.5, 0.6) is 0 Å². The van der Waals surface area contributed by atoms with E-state index >= 15 is 0 Å². The second kappa shape index (κ2) is 6.88. The Morgan fingerprint density at radius 2 is 2.00 bits per heavy atom. The van der Waals surface area contributed by atoms with Crippen LogP contribution in [0.25, 0.3) is 0 Å². The fraction of sp³-hybridized carbons (Fsp3) is 1.00. The molecule has 0 aromatic rings. The Morgan fingerprint density at radius 3 is 2.61 bits per heavy atom. The van der Waals surface area contributed by atoms with E-state index in [2.05, 4.69) is 11.8 Å². The Morgan fingerprint density at radius 1 is 1.22 bits per heavy atom. The zero-order valence-corrected chi connectivity index (χ0v) is 12.0. The largest absolute Gasteiger partial charge is 0.393 e. The van der Waals surface area contributed by atoms with Crippen molar-refractivity contribution in [3.8, 4) is 0 Å². The van der Waals surface area contributed by atoms with Gasteiger partial charge in [-0.25, -0.2) is 0 Å². The summed E-state index contributed by atoms with van der Waals surface area (Å²) in [5.74, 6) is 0.788. The Labute approximate surface area is 112 Å². The molecule has 0 spiro atoms. The maximum Gasteiger partial charge on any atom is 0.0589 e. The summed E-state index contributed by atoms with van der Waals surface area (Å²) < 4.78 is 5.26. The van der Waals surface area contributed by atoms with Gasteiger partial charge in [-0.1, -0.05) is 13.3 Å². The molecule has 0 aromatic carbocycles. The third-order valence-electron chi connectivity index (χ3n) is 4.58. The molecule has 0 bridgehead atoms. The summed E-state index contributed by atoms with van der Waals surface area (Å²) in [6, 6.07) is 1.37. The van der Waals surface area contributed by atoms with Crippen molar-refractivity contribution in [2.45, 2.75) is 70.1 Å². The number of methoxy groups -OCH3 is 1. The predicted octanol–water partition coefficient (Wildman–Crippen LogP) is 2.43. The molecule has 0 aliphatic heterocycles. The average Bonchev–Trinajstić information content (AvgIpc) is 3.17. The lowest BCUT2D eigenvalue weighted by atomic mass is 9.79. The minimum atomic E-state index is -0.0769. The van der Waals surface area contributed by atoms with Crippen LogP contribution in [0.2, 0.25) is 0 Å². The maximum absolute atomic E-state index is 9.98. The first-order valence-electron chi connectivity index (χ1n) is 7.69. The zero-order chi connectivity index (χ0) is 13.0. The minimum absolute atomic E-state index is 0.0769. The first-order chi connectivity index (χ1) is 8.76. The van der Waals surface area contributed by atoms with Crippen LogP contribution in [0.1, 0.15) is 51.9 Å². The highest BCUT2D eigenvalue weighted by atomic mass is 16.5. The average molecular weight is 255 g/mol. The monoisotopic (exact) mass is 255 g/mol. The van der Waals surface area contributed by atoms with Crippen molar-refractivity contribution in [1.82, 2.24) is 4.90 Å². The third kappa shape index (κ3) is 3.69. The second-order valence-electron chi connectivity index (χ2n) is 6.04. The van der Waals surface area contributed by atoms with Crippen LogP contribution < -0.4 is 0 Å². The molecular weight excluding hydrogens is 226 g/mol. The number of nitrogens with zero attached hydrogens (tertiary/aromatic N) is 1. The molecule has 0 radical (unpaired) electrons. The van der Waals surface area contributed by atoms with Crippen LogP contribution in [0.15, 0.2) is 0 Å². The maximum atomic E-state index is 9.98. The van der Waals surface area contributed by atoms with Crippen LogP contribution in [0.4, 0.5) is 0 Å². The number of hydrogen-bond acceptors (Lipinski definition) is 3. The van der Waals surface area contributed by atoms with E-state index in [0.717, 1.165) is 38.0 Å². The van der Waals surface area contributed by atoms with Crippen LogP contribution in [-0.4, -0.2) is 48.5 Å². The van der Waals surface area contributed by atoms with Crippen molar-refractivity contribution in [2.75, 3.05) is 20.3 Å². The molecule has 3 unspecified atom stereocenters. The van der Waals surface area contributed by atoms with Gasteiger partial charge in [0.2, 0.25) is 0 Å². The molecule has 3 atom stereocenters. The number of ether oxygens (including phenoxy) is 1. The highest BCUT2D eigenvalue weighted by Crippen LogP contribution is 2.37. The summed E-state index contributed by atoms with van der Waals surface area (Å²) in [7, 11) is 1.78. The zero-order valence-electron chi connectivity index (χ0n) is 12.0. The Balaban J connectivity index is 1.98. The van der Waals surface area contributed by atoms with Gasteiger partial charge < -0.3 is 9.84 Å². The van der Waals surface area contributed by atoms with E-state index in [1.54, 1.807) is 7.11 Å². The normalized spacial score (nSPS) is 33.0. The molecule has 3 nitrogen and oxygen atoms in total. The highest BCUT2D eigenvalue weighted by molar-refractivity contribution is 4.94. The third-order valence-corrected chi connectivity index (χ3v) is 4.58. The standard InChI is InChI=1S/C15H29NO2/c1-3-4-12-5-8-14(17)11-15(12)16(9-10-18-2)13-6-7-13/h12-15,17H,3-11H2,1-2H3. The first kappa shape index (κ1) is 14.3. The van der Waals surface area contributed by atoms with E-state index in [1.807, 2.05) is 0 Å². The fourth-order valence-electron chi connectivity index (χ4n) is 3.52. The van der Waals surface area contributed by atoms with Crippen LogP contribution in [0.3, 0.4) is 0 Å².